The van der Waals surface area contributed by atoms with Gasteiger partial charge in [-0.25, -0.2) is 0 Å². The van der Waals surface area contributed by atoms with Gasteiger partial charge < -0.3 is 10.1 Å². The van der Waals surface area contributed by atoms with Gasteiger partial charge >= 0.3 is 5.97 Å². The molecule has 0 aliphatic rings. The van der Waals surface area contributed by atoms with Crippen LogP contribution in [0.25, 0.3) is 0 Å². The Bertz CT molecular complexity index is 293. The molecule has 0 aliphatic carbocycles. The monoisotopic (exact) mass is 263 g/mol. The second-order valence-corrected chi connectivity index (χ2v) is 5.71. The molecule has 3 atom stereocenters. The summed E-state index contributed by atoms with van der Waals surface area (Å²) in [7, 11) is -0.0727. The van der Waals surface area contributed by atoms with Crippen LogP contribution in [0.15, 0.2) is 0 Å². The average Bonchev–Trinajstić information content (AvgIpc) is 2.33. The van der Waals surface area contributed by atoms with E-state index in [-0.39, 0.29) is 11.7 Å². The molecule has 3 unspecified atom stereocenters. The van der Waals surface area contributed by atoms with Crippen LogP contribution in [0, 0.1) is 5.92 Å². The Hall–Kier alpha value is -0.910. The van der Waals surface area contributed by atoms with Crippen molar-refractivity contribution in [3.05, 3.63) is 0 Å². The van der Waals surface area contributed by atoms with Crippen molar-refractivity contribution in [1.29, 1.82) is 0 Å². The van der Waals surface area contributed by atoms with E-state index in [0.29, 0.717) is 6.54 Å². The Morgan fingerprint density at radius 3 is 2.41 bits per heavy atom. The van der Waals surface area contributed by atoms with Gasteiger partial charge in [0, 0.05) is 23.1 Å². The van der Waals surface area contributed by atoms with Gasteiger partial charge in [0.05, 0.1) is 13.0 Å². The Morgan fingerprint density at radius 2 is 1.94 bits per heavy atom. The van der Waals surface area contributed by atoms with Gasteiger partial charge in [-0.1, -0.05) is 13.8 Å². The SMILES string of the molecule is CCCNC(=O)C(C)S(=O)CC(C)C(=O)OC. The van der Waals surface area contributed by atoms with Crippen LogP contribution in [0.3, 0.4) is 0 Å². The van der Waals surface area contributed by atoms with Crippen molar-refractivity contribution >= 4 is 22.7 Å². The standard InChI is InChI=1S/C11H21NO4S/c1-5-6-12-10(13)9(3)17(15)7-8(2)11(14)16-4/h8-9H,5-7H2,1-4H3,(H,12,13). The van der Waals surface area contributed by atoms with Crippen LogP contribution in [0.5, 0.6) is 0 Å². The summed E-state index contributed by atoms with van der Waals surface area (Å²) < 4.78 is 16.4. The van der Waals surface area contributed by atoms with E-state index in [1.165, 1.54) is 7.11 Å². The van der Waals surface area contributed by atoms with Crippen LogP contribution in [-0.2, 0) is 25.1 Å². The fourth-order valence-electron chi connectivity index (χ4n) is 1.17. The molecule has 0 spiro atoms. The van der Waals surface area contributed by atoms with Gasteiger partial charge in [-0.3, -0.25) is 13.8 Å². The van der Waals surface area contributed by atoms with Crippen molar-refractivity contribution in [3.63, 3.8) is 0 Å². The molecule has 0 aromatic heterocycles. The first-order valence-electron chi connectivity index (χ1n) is 5.66. The molecule has 0 heterocycles. The maximum absolute atomic E-state index is 11.8. The van der Waals surface area contributed by atoms with Gasteiger partial charge in [0.15, 0.2) is 0 Å². The molecule has 0 saturated heterocycles. The summed E-state index contributed by atoms with van der Waals surface area (Å²) in [5, 5.41) is 2.08. The van der Waals surface area contributed by atoms with Gasteiger partial charge in [0.2, 0.25) is 5.91 Å². The van der Waals surface area contributed by atoms with Gasteiger partial charge in [0.25, 0.3) is 0 Å². The third-order valence-electron chi connectivity index (χ3n) is 2.33. The van der Waals surface area contributed by atoms with Crippen LogP contribution in [-0.4, -0.2) is 40.7 Å². The van der Waals surface area contributed by atoms with Crippen molar-refractivity contribution in [2.24, 2.45) is 5.92 Å². The fraction of sp³-hybridized carbons (Fsp3) is 0.818. The Balaban J connectivity index is 4.22. The van der Waals surface area contributed by atoms with Crippen molar-refractivity contribution in [1.82, 2.24) is 5.32 Å². The minimum Gasteiger partial charge on any atom is -0.469 e. The number of esters is 1. The maximum atomic E-state index is 11.8. The Labute approximate surface area is 105 Å². The van der Waals surface area contributed by atoms with E-state index < -0.39 is 27.9 Å². The summed E-state index contributed by atoms with van der Waals surface area (Å²) in [5.41, 5.74) is 0. The summed E-state index contributed by atoms with van der Waals surface area (Å²) in [5.74, 6) is -0.947. The quantitative estimate of drug-likeness (QED) is 0.677. The van der Waals surface area contributed by atoms with E-state index in [2.05, 4.69) is 10.1 Å². The van der Waals surface area contributed by atoms with Crippen LogP contribution in [0.2, 0.25) is 0 Å². The number of methoxy groups -OCH3 is 1. The Morgan fingerprint density at radius 1 is 1.35 bits per heavy atom. The van der Waals surface area contributed by atoms with Crippen LogP contribution >= 0.6 is 0 Å². The van der Waals surface area contributed by atoms with Gasteiger partial charge in [-0.2, -0.15) is 0 Å². The second kappa shape index (κ2) is 8.22. The highest BCUT2D eigenvalue weighted by Gasteiger charge is 2.24. The highest BCUT2D eigenvalue weighted by Crippen LogP contribution is 2.05. The zero-order valence-electron chi connectivity index (χ0n) is 10.8. The minimum absolute atomic E-state index is 0.146. The van der Waals surface area contributed by atoms with Gasteiger partial charge in [0.1, 0.15) is 5.25 Å². The number of carbonyl (C=O) groups is 2. The molecule has 0 fully saturated rings. The first kappa shape index (κ1) is 16.1. The maximum Gasteiger partial charge on any atom is 0.309 e. The number of ether oxygens (including phenoxy) is 1. The van der Waals surface area contributed by atoms with E-state index in [0.717, 1.165) is 6.42 Å². The normalized spacial score (nSPS) is 15.8. The second-order valence-electron chi connectivity index (χ2n) is 3.90. The first-order valence-corrected chi connectivity index (χ1v) is 7.04. The summed E-state index contributed by atoms with van der Waals surface area (Å²) >= 11 is 0. The molecular formula is C11H21NO4S. The van der Waals surface area contributed by atoms with Crippen molar-refractivity contribution < 1.29 is 18.5 Å². The van der Waals surface area contributed by atoms with E-state index in [1.807, 2.05) is 6.92 Å². The zero-order chi connectivity index (χ0) is 13.4. The van der Waals surface area contributed by atoms with E-state index in [1.54, 1.807) is 13.8 Å². The molecule has 0 radical (unpaired) electrons. The fourth-order valence-corrected chi connectivity index (χ4v) is 2.41. The van der Waals surface area contributed by atoms with Crippen molar-refractivity contribution in [2.45, 2.75) is 32.4 Å². The third kappa shape index (κ3) is 5.81. The lowest BCUT2D eigenvalue weighted by Gasteiger charge is -2.14. The number of amides is 1. The minimum atomic E-state index is -1.36. The van der Waals surface area contributed by atoms with Crippen LogP contribution in [0.4, 0.5) is 0 Å². The number of hydrogen-bond donors (Lipinski definition) is 1. The molecule has 5 nitrogen and oxygen atoms in total. The molecular weight excluding hydrogens is 242 g/mol. The summed E-state index contributed by atoms with van der Waals surface area (Å²) in [4.78, 5) is 22.7. The number of carbonyl (C=O) groups excluding carboxylic acids is 2. The lowest BCUT2D eigenvalue weighted by molar-refractivity contribution is -0.144. The number of rotatable bonds is 7. The van der Waals surface area contributed by atoms with E-state index in [4.69, 9.17) is 0 Å². The summed E-state index contributed by atoms with van der Waals surface area (Å²) in [6.45, 7) is 5.76. The highest BCUT2D eigenvalue weighted by molar-refractivity contribution is 7.86. The summed E-state index contributed by atoms with van der Waals surface area (Å²) in [6, 6.07) is 0. The zero-order valence-corrected chi connectivity index (χ0v) is 11.6. The van der Waals surface area contributed by atoms with Gasteiger partial charge in [-0.05, 0) is 13.3 Å². The first-order chi connectivity index (χ1) is 7.93. The lowest BCUT2D eigenvalue weighted by Crippen LogP contribution is -2.38. The molecule has 0 rings (SSSR count). The molecule has 6 heteroatoms. The molecule has 1 amide bonds. The smallest absolute Gasteiger partial charge is 0.309 e. The van der Waals surface area contributed by atoms with E-state index >= 15 is 0 Å². The molecule has 0 aromatic carbocycles. The van der Waals surface area contributed by atoms with Crippen molar-refractivity contribution in [2.75, 3.05) is 19.4 Å². The van der Waals surface area contributed by atoms with Crippen LogP contribution < -0.4 is 5.32 Å². The number of hydrogen-bond acceptors (Lipinski definition) is 4. The lowest BCUT2D eigenvalue weighted by atomic mass is 10.2. The predicted octanol–water partition coefficient (Wildman–Crippen LogP) is 0.459. The molecule has 0 aliphatic heterocycles. The van der Waals surface area contributed by atoms with Gasteiger partial charge in [-0.15, -0.1) is 0 Å². The largest absolute Gasteiger partial charge is 0.469 e. The van der Waals surface area contributed by atoms with Crippen LogP contribution in [0.1, 0.15) is 27.2 Å². The molecule has 0 aromatic rings. The molecule has 1 N–H and O–H groups in total. The molecule has 17 heavy (non-hydrogen) atoms. The highest BCUT2D eigenvalue weighted by atomic mass is 32.2. The number of nitrogens with one attached hydrogen (secondary N) is 1. The third-order valence-corrected chi connectivity index (χ3v) is 4.16. The molecule has 100 valence electrons. The average molecular weight is 263 g/mol. The van der Waals surface area contributed by atoms with Crippen molar-refractivity contribution in [3.8, 4) is 0 Å². The molecule has 0 bridgehead atoms. The molecule has 0 saturated carbocycles. The summed E-state index contributed by atoms with van der Waals surface area (Å²) in [6.07, 6.45) is 0.837. The predicted molar refractivity (Wildman–Crippen MR) is 67.0 cm³/mol. The topological polar surface area (TPSA) is 72.5 Å². The Kier molecular flexibility index (Phi) is 7.78. The van der Waals surface area contributed by atoms with E-state index in [9.17, 15) is 13.8 Å².